The van der Waals surface area contributed by atoms with Crippen molar-refractivity contribution in [2.45, 2.75) is 6.04 Å². The number of halogens is 1. The number of nitrogens with one attached hydrogen (secondary N) is 1. The Bertz CT molecular complexity index is 948. The molecule has 0 saturated carbocycles. The Morgan fingerprint density at radius 1 is 1.13 bits per heavy atom. The van der Waals surface area contributed by atoms with E-state index in [1.807, 2.05) is 18.2 Å². The van der Waals surface area contributed by atoms with E-state index in [2.05, 4.69) is 10.2 Å². The molecule has 4 rings (SSSR count). The molecular weight excluding hydrogens is 424 g/mol. The number of hydrogen-bond donors (Lipinski definition) is 1. The lowest BCUT2D eigenvalue weighted by molar-refractivity contribution is 0.0162. The number of hydrogen-bond acceptors (Lipinski definition) is 7. The normalized spacial score (nSPS) is 16.6. The molecule has 2 heterocycles. The molecule has 0 spiro atoms. The predicted molar refractivity (Wildman–Crippen MR) is 115 cm³/mol. The quantitative estimate of drug-likeness (QED) is 0.697. The molecule has 1 N–H and O–H groups in total. The predicted octanol–water partition coefficient (Wildman–Crippen LogP) is 2.89. The standard InChI is InChI=1S/C22H25ClN2O6/c1-27-18-4-3-14(10-19(18)28-2)17(25-5-7-29-8-6-25)12-24-22(26)15-9-16(23)21-20(11-15)30-13-31-21/h3-4,9-11,17H,5-8,12-13H2,1-2H3,(H,24,26). The molecular formula is C22H25ClN2O6. The van der Waals surface area contributed by atoms with E-state index in [4.69, 9.17) is 35.3 Å². The van der Waals surface area contributed by atoms with Crippen LogP contribution < -0.4 is 24.3 Å². The fourth-order valence-corrected chi connectivity index (χ4v) is 4.06. The van der Waals surface area contributed by atoms with E-state index in [0.717, 1.165) is 18.7 Å². The monoisotopic (exact) mass is 448 g/mol. The molecule has 166 valence electrons. The molecule has 2 aliphatic heterocycles. The lowest BCUT2D eigenvalue weighted by atomic mass is 10.0. The maximum Gasteiger partial charge on any atom is 0.251 e. The van der Waals surface area contributed by atoms with E-state index in [1.165, 1.54) is 0 Å². The second-order valence-corrected chi connectivity index (χ2v) is 7.59. The number of fused-ring (bicyclic) bond motifs is 1. The Labute approximate surface area is 185 Å². The molecule has 0 aliphatic carbocycles. The summed E-state index contributed by atoms with van der Waals surface area (Å²) < 4.78 is 27.0. The first kappa shape index (κ1) is 21.5. The van der Waals surface area contributed by atoms with Crippen molar-refractivity contribution in [1.29, 1.82) is 0 Å². The van der Waals surface area contributed by atoms with Gasteiger partial charge in [-0.2, -0.15) is 0 Å². The van der Waals surface area contributed by atoms with Crippen LogP contribution in [0.1, 0.15) is 22.0 Å². The van der Waals surface area contributed by atoms with Crippen LogP contribution in [0.3, 0.4) is 0 Å². The number of morpholine rings is 1. The number of amides is 1. The van der Waals surface area contributed by atoms with Gasteiger partial charge in [0.05, 0.1) is 38.5 Å². The van der Waals surface area contributed by atoms with Gasteiger partial charge in [-0.15, -0.1) is 0 Å². The molecule has 2 aromatic carbocycles. The molecule has 31 heavy (non-hydrogen) atoms. The van der Waals surface area contributed by atoms with Crippen molar-refractivity contribution in [3.63, 3.8) is 0 Å². The van der Waals surface area contributed by atoms with E-state index in [9.17, 15) is 4.79 Å². The lowest BCUT2D eigenvalue weighted by Crippen LogP contribution is -2.43. The fourth-order valence-electron chi connectivity index (χ4n) is 3.80. The van der Waals surface area contributed by atoms with Gasteiger partial charge in [-0.1, -0.05) is 17.7 Å². The average Bonchev–Trinajstić information content (AvgIpc) is 3.29. The first-order valence-electron chi connectivity index (χ1n) is 10.0. The third-order valence-electron chi connectivity index (χ3n) is 5.42. The SMILES string of the molecule is COc1ccc(C(CNC(=O)c2cc(Cl)c3c(c2)OCO3)N2CCOCC2)cc1OC. The van der Waals surface area contributed by atoms with Gasteiger partial charge in [-0.3, -0.25) is 9.69 Å². The van der Waals surface area contributed by atoms with Gasteiger partial charge >= 0.3 is 0 Å². The van der Waals surface area contributed by atoms with Crippen molar-refractivity contribution in [1.82, 2.24) is 10.2 Å². The maximum atomic E-state index is 12.9. The van der Waals surface area contributed by atoms with E-state index in [0.29, 0.717) is 53.3 Å². The van der Waals surface area contributed by atoms with Gasteiger partial charge in [0.1, 0.15) is 0 Å². The second kappa shape index (κ2) is 9.64. The van der Waals surface area contributed by atoms with Gasteiger partial charge in [0.2, 0.25) is 6.79 Å². The molecule has 0 bridgehead atoms. The van der Waals surface area contributed by atoms with Crippen LogP contribution in [0.15, 0.2) is 30.3 Å². The molecule has 0 radical (unpaired) electrons. The number of carbonyl (C=O) groups excluding carboxylic acids is 1. The van der Waals surface area contributed by atoms with Gasteiger partial charge in [0.25, 0.3) is 5.91 Å². The zero-order chi connectivity index (χ0) is 21.8. The summed E-state index contributed by atoms with van der Waals surface area (Å²) in [6.45, 7) is 3.33. The van der Waals surface area contributed by atoms with Crippen molar-refractivity contribution in [3.8, 4) is 23.0 Å². The molecule has 0 aromatic heterocycles. The third-order valence-corrected chi connectivity index (χ3v) is 5.70. The van der Waals surface area contributed by atoms with Crippen molar-refractivity contribution in [2.24, 2.45) is 0 Å². The third kappa shape index (κ3) is 4.66. The number of rotatable bonds is 7. The van der Waals surface area contributed by atoms with Crippen LogP contribution >= 0.6 is 11.6 Å². The average molecular weight is 449 g/mol. The van der Waals surface area contributed by atoms with Crippen LogP contribution in [0.2, 0.25) is 5.02 Å². The Balaban J connectivity index is 1.54. The zero-order valence-corrected chi connectivity index (χ0v) is 18.2. The Morgan fingerprint density at radius 3 is 2.65 bits per heavy atom. The minimum Gasteiger partial charge on any atom is -0.493 e. The van der Waals surface area contributed by atoms with Crippen LogP contribution in [-0.4, -0.2) is 64.7 Å². The highest BCUT2D eigenvalue weighted by molar-refractivity contribution is 6.32. The van der Waals surface area contributed by atoms with Crippen molar-refractivity contribution >= 4 is 17.5 Å². The van der Waals surface area contributed by atoms with Gasteiger partial charge in [0, 0.05) is 25.2 Å². The maximum absolute atomic E-state index is 12.9. The Hall–Kier alpha value is -2.68. The minimum atomic E-state index is -0.237. The van der Waals surface area contributed by atoms with E-state index in [1.54, 1.807) is 26.4 Å². The largest absolute Gasteiger partial charge is 0.493 e. The fraction of sp³-hybridized carbons (Fsp3) is 0.409. The Morgan fingerprint density at radius 2 is 1.90 bits per heavy atom. The molecule has 2 aromatic rings. The summed E-state index contributed by atoms with van der Waals surface area (Å²) in [6, 6.07) is 8.99. The summed E-state index contributed by atoms with van der Waals surface area (Å²) in [5.74, 6) is 2.01. The molecule has 1 saturated heterocycles. The van der Waals surface area contributed by atoms with Crippen molar-refractivity contribution < 1.29 is 28.5 Å². The summed E-state index contributed by atoms with van der Waals surface area (Å²) in [5.41, 5.74) is 1.44. The molecule has 9 heteroatoms. The van der Waals surface area contributed by atoms with E-state index >= 15 is 0 Å². The molecule has 1 amide bonds. The smallest absolute Gasteiger partial charge is 0.251 e. The Kier molecular flexibility index (Phi) is 6.70. The van der Waals surface area contributed by atoms with E-state index < -0.39 is 0 Å². The highest BCUT2D eigenvalue weighted by Crippen LogP contribution is 2.40. The van der Waals surface area contributed by atoms with Gasteiger partial charge in [0.15, 0.2) is 23.0 Å². The van der Waals surface area contributed by atoms with Crippen molar-refractivity contribution in [3.05, 3.63) is 46.5 Å². The van der Waals surface area contributed by atoms with Gasteiger partial charge in [-0.25, -0.2) is 0 Å². The summed E-state index contributed by atoms with van der Waals surface area (Å²) in [5, 5.41) is 3.38. The van der Waals surface area contributed by atoms with Crippen molar-refractivity contribution in [2.75, 3.05) is 53.9 Å². The zero-order valence-electron chi connectivity index (χ0n) is 17.5. The number of methoxy groups -OCH3 is 2. The number of carbonyl (C=O) groups is 1. The first-order chi connectivity index (χ1) is 15.1. The van der Waals surface area contributed by atoms with Crippen LogP contribution in [0, 0.1) is 0 Å². The number of nitrogens with zero attached hydrogens (tertiary/aromatic N) is 1. The van der Waals surface area contributed by atoms with Crippen LogP contribution in [0.5, 0.6) is 23.0 Å². The highest BCUT2D eigenvalue weighted by Gasteiger charge is 2.26. The topological polar surface area (TPSA) is 78.5 Å². The summed E-state index contributed by atoms with van der Waals surface area (Å²) in [4.78, 5) is 15.2. The van der Waals surface area contributed by atoms with E-state index in [-0.39, 0.29) is 18.7 Å². The van der Waals surface area contributed by atoms with Gasteiger partial charge < -0.3 is 29.0 Å². The molecule has 1 atom stereocenters. The van der Waals surface area contributed by atoms with Crippen LogP contribution in [0.25, 0.3) is 0 Å². The van der Waals surface area contributed by atoms with Crippen LogP contribution in [0.4, 0.5) is 0 Å². The molecule has 2 aliphatic rings. The minimum absolute atomic E-state index is 0.0582. The number of ether oxygens (including phenoxy) is 5. The molecule has 1 unspecified atom stereocenters. The summed E-state index contributed by atoms with van der Waals surface area (Å²) >= 11 is 6.23. The molecule has 8 nitrogen and oxygen atoms in total. The lowest BCUT2D eigenvalue weighted by Gasteiger charge is -2.35. The summed E-state index contributed by atoms with van der Waals surface area (Å²) in [7, 11) is 3.21. The van der Waals surface area contributed by atoms with Gasteiger partial charge in [-0.05, 0) is 29.8 Å². The highest BCUT2D eigenvalue weighted by atomic mass is 35.5. The summed E-state index contributed by atoms with van der Waals surface area (Å²) in [6.07, 6.45) is 0. The molecule has 1 fully saturated rings. The first-order valence-corrected chi connectivity index (χ1v) is 10.4. The number of benzene rings is 2. The van der Waals surface area contributed by atoms with Crippen LogP contribution in [-0.2, 0) is 4.74 Å². The second-order valence-electron chi connectivity index (χ2n) is 7.18.